The van der Waals surface area contributed by atoms with Gasteiger partial charge in [0.15, 0.2) is 0 Å². The summed E-state index contributed by atoms with van der Waals surface area (Å²) in [6, 6.07) is 7.20. The molecule has 1 nitrogen and oxygen atoms in total. The van der Waals surface area contributed by atoms with Crippen molar-refractivity contribution < 1.29 is 0 Å². The molecule has 0 spiro atoms. The van der Waals surface area contributed by atoms with Gasteiger partial charge in [-0.3, -0.25) is 0 Å². The van der Waals surface area contributed by atoms with Crippen LogP contribution in [0.5, 0.6) is 0 Å². The molecule has 0 aliphatic rings. The van der Waals surface area contributed by atoms with E-state index in [2.05, 4.69) is 52.8 Å². The number of hydrogen-bond donors (Lipinski definition) is 1. The fourth-order valence-electron chi connectivity index (χ4n) is 2.26. The summed E-state index contributed by atoms with van der Waals surface area (Å²) in [5, 5.41) is 0. The lowest BCUT2D eigenvalue weighted by Gasteiger charge is -2.22. The molecule has 0 aliphatic carbocycles. The summed E-state index contributed by atoms with van der Waals surface area (Å²) < 4.78 is 0. The molecular weight excluding hydrogens is 206 g/mol. The number of benzene rings is 1. The fraction of sp³-hybridized carbons (Fsp3) is 0.625. The van der Waals surface area contributed by atoms with Crippen LogP contribution in [0, 0.1) is 6.92 Å². The minimum Gasteiger partial charge on any atom is -0.328 e. The van der Waals surface area contributed by atoms with Crippen LogP contribution in [0.15, 0.2) is 18.2 Å². The maximum atomic E-state index is 5.78. The van der Waals surface area contributed by atoms with Crippen LogP contribution >= 0.6 is 0 Å². The van der Waals surface area contributed by atoms with E-state index in [0.29, 0.717) is 6.04 Å². The molecular formula is C16H27N. The second-order valence-corrected chi connectivity index (χ2v) is 6.27. The van der Waals surface area contributed by atoms with Crippen molar-refractivity contribution in [2.45, 2.75) is 65.3 Å². The van der Waals surface area contributed by atoms with E-state index in [-0.39, 0.29) is 5.41 Å². The highest BCUT2D eigenvalue weighted by Crippen LogP contribution is 2.26. The third-order valence-corrected chi connectivity index (χ3v) is 3.23. The summed E-state index contributed by atoms with van der Waals surface area (Å²) in [6.07, 6.45) is 3.44. The maximum absolute atomic E-state index is 5.78. The van der Waals surface area contributed by atoms with E-state index >= 15 is 0 Å². The van der Waals surface area contributed by atoms with Gasteiger partial charge in [-0.25, -0.2) is 0 Å². The Morgan fingerprint density at radius 3 is 2.41 bits per heavy atom. The zero-order chi connectivity index (χ0) is 13.1. The van der Waals surface area contributed by atoms with E-state index in [4.69, 9.17) is 5.73 Å². The molecule has 0 amide bonds. The van der Waals surface area contributed by atoms with Crippen molar-refractivity contribution in [3.05, 3.63) is 34.9 Å². The van der Waals surface area contributed by atoms with Crippen LogP contribution in [0.4, 0.5) is 0 Å². The molecule has 2 N–H and O–H groups in total. The van der Waals surface area contributed by atoms with Crippen LogP contribution in [0.2, 0.25) is 0 Å². The molecule has 1 aromatic rings. The first-order chi connectivity index (χ1) is 7.80. The summed E-state index contributed by atoms with van der Waals surface area (Å²) in [5.74, 6) is 0. The first-order valence-corrected chi connectivity index (χ1v) is 6.66. The summed E-state index contributed by atoms with van der Waals surface area (Å²) in [4.78, 5) is 0. The molecule has 96 valence electrons. The van der Waals surface area contributed by atoms with Gasteiger partial charge >= 0.3 is 0 Å². The van der Waals surface area contributed by atoms with Gasteiger partial charge in [-0.15, -0.1) is 0 Å². The summed E-state index contributed by atoms with van der Waals surface area (Å²) in [5.41, 5.74) is 10.3. The Morgan fingerprint density at radius 1 is 1.24 bits per heavy atom. The molecule has 1 aromatic carbocycles. The second-order valence-electron chi connectivity index (χ2n) is 6.27. The molecule has 0 heterocycles. The third kappa shape index (κ3) is 4.51. The predicted octanol–water partition coefficient (Wildman–Crippen LogP) is 3.96. The summed E-state index contributed by atoms with van der Waals surface area (Å²) in [6.45, 7) is 11.1. The molecule has 0 saturated carbocycles. The van der Waals surface area contributed by atoms with E-state index in [0.717, 1.165) is 12.8 Å². The minimum atomic E-state index is 0.237. The van der Waals surface area contributed by atoms with Gasteiger partial charge in [-0.2, -0.15) is 0 Å². The molecule has 0 bridgehead atoms. The zero-order valence-electron chi connectivity index (χ0n) is 12.0. The Labute approximate surface area is 106 Å². The minimum absolute atomic E-state index is 0.237. The summed E-state index contributed by atoms with van der Waals surface area (Å²) >= 11 is 0. The quantitative estimate of drug-likeness (QED) is 0.837. The largest absolute Gasteiger partial charge is 0.328 e. The standard InChI is InChI=1S/C16H27N/c1-12-9-10-14(8-6-7-13(2)17)11-15(12)16(3,4)5/h9-11,13H,6-8,17H2,1-5H3. The lowest BCUT2D eigenvalue weighted by atomic mass is 9.83. The normalized spacial score (nSPS) is 13.8. The topological polar surface area (TPSA) is 26.0 Å². The SMILES string of the molecule is Cc1ccc(CCCC(C)N)cc1C(C)(C)C. The number of hydrogen-bond acceptors (Lipinski definition) is 1. The molecule has 1 rings (SSSR count). The molecule has 1 unspecified atom stereocenters. The van der Waals surface area contributed by atoms with Crippen LogP contribution in [0.1, 0.15) is 57.2 Å². The Hall–Kier alpha value is -0.820. The van der Waals surface area contributed by atoms with Crippen LogP contribution in [-0.4, -0.2) is 6.04 Å². The van der Waals surface area contributed by atoms with E-state index in [1.807, 2.05) is 0 Å². The van der Waals surface area contributed by atoms with Gasteiger partial charge < -0.3 is 5.73 Å². The van der Waals surface area contributed by atoms with Gasteiger partial charge in [0.05, 0.1) is 0 Å². The van der Waals surface area contributed by atoms with Crippen LogP contribution in [0.3, 0.4) is 0 Å². The summed E-state index contributed by atoms with van der Waals surface area (Å²) in [7, 11) is 0. The first kappa shape index (κ1) is 14.2. The average Bonchev–Trinajstić information content (AvgIpc) is 2.18. The van der Waals surface area contributed by atoms with Crippen LogP contribution in [-0.2, 0) is 11.8 Å². The molecule has 0 saturated heterocycles. The van der Waals surface area contributed by atoms with Crippen LogP contribution < -0.4 is 5.73 Å². The van der Waals surface area contributed by atoms with Gasteiger partial charge in [-0.05, 0) is 55.2 Å². The van der Waals surface area contributed by atoms with Gasteiger partial charge in [-0.1, -0.05) is 39.0 Å². The van der Waals surface area contributed by atoms with Crippen molar-refractivity contribution in [2.24, 2.45) is 5.73 Å². The van der Waals surface area contributed by atoms with E-state index in [1.54, 1.807) is 0 Å². The molecule has 0 radical (unpaired) electrons. The first-order valence-electron chi connectivity index (χ1n) is 6.66. The van der Waals surface area contributed by atoms with Crippen molar-refractivity contribution in [1.29, 1.82) is 0 Å². The van der Waals surface area contributed by atoms with Gasteiger partial charge in [0.2, 0.25) is 0 Å². The molecule has 0 fully saturated rings. The average molecular weight is 233 g/mol. The van der Waals surface area contributed by atoms with Crippen molar-refractivity contribution >= 4 is 0 Å². The monoisotopic (exact) mass is 233 g/mol. The van der Waals surface area contributed by atoms with Gasteiger partial charge in [0.25, 0.3) is 0 Å². The number of rotatable bonds is 4. The highest BCUT2D eigenvalue weighted by molar-refractivity contribution is 5.35. The Kier molecular flexibility index (Phi) is 4.76. The van der Waals surface area contributed by atoms with Gasteiger partial charge in [0, 0.05) is 6.04 Å². The highest BCUT2D eigenvalue weighted by Gasteiger charge is 2.16. The molecule has 0 aromatic heterocycles. The van der Waals surface area contributed by atoms with Crippen LogP contribution in [0.25, 0.3) is 0 Å². The smallest absolute Gasteiger partial charge is 0.00105 e. The Morgan fingerprint density at radius 2 is 1.88 bits per heavy atom. The lowest BCUT2D eigenvalue weighted by molar-refractivity contribution is 0.583. The molecule has 0 aliphatic heterocycles. The lowest BCUT2D eigenvalue weighted by Crippen LogP contribution is -2.15. The fourth-order valence-corrected chi connectivity index (χ4v) is 2.26. The highest BCUT2D eigenvalue weighted by atomic mass is 14.6. The van der Waals surface area contributed by atoms with E-state index in [9.17, 15) is 0 Å². The zero-order valence-corrected chi connectivity index (χ0v) is 12.0. The molecule has 17 heavy (non-hydrogen) atoms. The molecule has 1 atom stereocenters. The maximum Gasteiger partial charge on any atom is 0.00105 e. The Balaban J connectivity index is 2.76. The van der Waals surface area contributed by atoms with Crippen molar-refractivity contribution in [3.63, 3.8) is 0 Å². The van der Waals surface area contributed by atoms with E-state index in [1.165, 1.54) is 23.1 Å². The van der Waals surface area contributed by atoms with Crippen molar-refractivity contribution in [1.82, 2.24) is 0 Å². The van der Waals surface area contributed by atoms with E-state index < -0.39 is 0 Å². The Bertz CT molecular complexity index is 358. The third-order valence-electron chi connectivity index (χ3n) is 3.23. The number of nitrogens with two attached hydrogens (primary N) is 1. The van der Waals surface area contributed by atoms with Gasteiger partial charge in [0.1, 0.15) is 0 Å². The van der Waals surface area contributed by atoms with Crippen molar-refractivity contribution in [3.8, 4) is 0 Å². The number of aryl methyl sites for hydroxylation is 2. The predicted molar refractivity (Wildman–Crippen MR) is 76.5 cm³/mol. The van der Waals surface area contributed by atoms with Crippen molar-refractivity contribution in [2.75, 3.05) is 0 Å². The second kappa shape index (κ2) is 5.68. The molecule has 1 heteroatoms.